The third kappa shape index (κ3) is 2.77. The molecule has 0 saturated heterocycles. The summed E-state index contributed by atoms with van der Waals surface area (Å²) in [6, 6.07) is 10.7. The maximum absolute atomic E-state index is 4.40. The second-order valence-electron chi connectivity index (χ2n) is 6.05. The van der Waals surface area contributed by atoms with Crippen LogP contribution in [0, 0.1) is 6.92 Å². The second-order valence-corrected chi connectivity index (χ2v) is 6.05. The first-order valence-corrected chi connectivity index (χ1v) is 8.01. The van der Waals surface area contributed by atoms with E-state index in [4.69, 9.17) is 0 Å². The fourth-order valence-electron chi connectivity index (χ4n) is 3.10. The van der Waals surface area contributed by atoms with Crippen molar-refractivity contribution in [3.05, 3.63) is 53.6 Å². The van der Waals surface area contributed by atoms with Gasteiger partial charge < -0.3 is 9.88 Å². The van der Waals surface area contributed by atoms with Gasteiger partial charge in [0.1, 0.15) is 5.82 Å². The van der Waals surface area contributed by atoms with Crippen LogP contribution in [0.3, 0.4) is 0 Å². The minimum atomic E-state index is 0.426. The number of nitrogens with one attached hydrogen (secondary N) is 2. The number of hydrogen-bond acceptors (Lipinski definition) is 4. The van der Waals surface area contributed by atoms with E-state index >= 15 is 0 Å². The van der Waals surface area contributed by atoms with E-state index in [1.807, 2.05) is 24.4 Å². The quantitative estimate of drug-likeness (QED) is 0.774. The van der Waals surface area contributed by atoms with Crippen molar-refractivity contribution >= 4 is 0 Å². The number of aromatic amines is 1. The largest absolute Gasteiger partial charge is 0.309 e. The summed E-state index contributed by atoms with van der Waals surface area (Å²) in [5.74, 6) is 2.05. The summed E-state index contributed by atoms with van der Waals surface area (Å²) in [5, 5.41) is 19.5. The number of fused-ring (bicyclic) bond motifs is 1. The smallest absolute Gasteiger partial charge is 0.164 e. The molecule has 0 spiro atoms. The lowest BCUT2D eigenvalue weighted by Gasteiger charge is -2.25. The molecule has 3 heterocycles. The molecule has 0 saturated carbocycles. The van der Waals surface area contributed by atoms with Crippen molar-refractivity contribution in [2.75, 3.05) is 0 Å². The summed E-state index contributed by atoms with van der Waals surface area (Å²) in [4.78, 5) is 0. The third-order valence-corrected chi connectivity index (χ3v) is 4.49. The fraction of sp³-hybridized carbons (Fsp3) is 0.353. The van der Waals surface area contributed by atoms with Crippen LogP contribution < -0.4 is 5.32 Å². The van der Waals surface area contributed by atoms with Crippen LogP contribution in [0.25, 0.3) is 11.4 Å². The molecule has 0 bridgehead atoms. The van der Waals surface area contributed by atoms with Crippen molar-refractivity contribution in [2.24, 2.45) is 0 Å². The lowest BCUT2D eigenvalue weighted by Crippen LogP contribution is -2.37. The van der Waals surface area contributed by atoms with Gasteiger partial charge in [-0.05, 0) is 13.3 Å². The molecule has 23 heavy (non-hydrogen) atoms. The minimum absolute atomic E-state index is 0.426. The summed E-state index contributed by atoms with van der Waals surface area (Å²) in [5.41, 5.74) is 3.48. The Bertz CT molecular complexity index is 789. The van der Waals surface area contributed by atoms with Gasteiger partial charge in [-0.25, -0.2) is 0 Å². The fourth-order valence-corrected chi connectivity index (χ4v) is 3.10. The Balaban J connectivity index is 1.50. The monoisotopic (exact) mass is 308 g/mol. The standard InChI is InChI=1S/C17H20N6/c1-12-14(10-19-20-12)9-18-15-7-8-16-21-22-17(23(16)11-15)13-5-3-2-4-6-13/h2-6,10,15,18H,7-9,11H2,1H3,(H,19,20). The summed E-state index contributed by atoms with van der Waals surface area (Å²) in [7, 11) is 0. The van der Waals surface area contributed by atoms with Gasteiger partial charge in [-0.1, -0.05) is 30.3 Å². The predicted octanol–water partition coefficient (Wildman–Crippen LogP) is 2.08. The molecule has 2 aromatic heterocycles. The van der Waals surface area contributed by atoms with Gasteiger partial charge >= 0.3 is 0 Å². The van der Waals surface area contributed by atoms with E-state index in [2.05, 4.69) is 49.3 Å². The van der Waals surface area contributed by atoms with Crippen molar-refractivity contribution in [1.82, 2.24) is 30.3 Å². The van der Waals surface area contributed by atoms with E-state index in [-0.39, 0.29) is 0 Å². The highest BCUT2D eigenvalue weighted by atomic mass is 15.3. The van der Waals surface area contributed by atoms with Crippen molar-refractivity contribution in [3.63, 3.8) is 0 Å². The van der Waals surface area contributed by atoms with Crippen LogP contribution in [0.1, 0.15) is 23.5 Å². The zero-order valence-electron chi connectivity index (χ0n) is 13.2. The van der Waals surface area contributed by atoms with Gasteiger partial charge in [-0.2, -0.15) is 5.10 Å². The van der Waals surface area contributed by atoms with Gasteiger partial charge in [0.2, 0.25) is 0 Å². The second kappa shape index (κ2) is 5.96. The van der Waals surface area contributed by atoms with Crippen LogP contribution in [-0.4, -0.2) is 31.0 Å². The number of H-pyrrole nitrogens is 1. The maximum Gasteiger partial charge on any atom is 0.164 e. The molecule has 1 atom stereocenters. The molecular formula is C17H20N6. The van der Waals surface area contributed by atoms with Crippen molar-refractivity contribution in [3.8, 4) is 11.4 Å². The maximum atomic E-state index is 4.40. The molecule has 1 unspecified atom stereocenters. The van der Waals surface area contributed by atoms with Gasteiger partial charge in [0.15, 0.2) is 5.82 Å². The molecule has 3 aromatic rings. The van der Waals surface area contributed by atoms with E-state index in [9.17, 15) is 0 Å². The van der Waals surface area contributed by atoms with Crippen LogP contribution in [0.4, 0.5) is 0 Å². The van der Waals surface area contributed by atoms with E-state index in [1.165, 1.54) is 5.56 Å². The van der Waals surface area contributed by atoms with Crippen LogP contribution in [-0.2, 0) is 19.5 Å². The van der Waals surface area contributed by atoms with Crippen molar-refractivity contribution in [1.29, 1.82) is 0 Å². The molecule has 6 nitrogen and oxygen atoms in total. The zero-order valence-corrected chi connectivity index (χ0v) is 13.2. The van der Waals surface area contributed by atoms with E-state index in [0.29, 0.717) is 6.04 Å². The molecule has 1 aromatic carbocycles. The molecule has 1 aliphatic heterocycles. The first-order valence-electron chi connectivity index (χ1n) is 8.01. The molecule has 1 aliphatic rings. The van der Waals surface area contributed by atoms with Gasteiger partial charge in [0.25, 0.3) is 0 Å². The van der Waals surface area contributed by atoms with Crippen LogP contribution in [0.5, 0.6) is 0 Å². The summed E-state index contributed by atoms with van der Waals surface area (Å²) in [6.45, 7) is 3.80. The van der Waals surface area contributed by atoms with Crippen LogP contribution in [0.15, 0.2) is 36.5 Å². The van der Waals surface area contributed by atoms with E-state index in [1.54, 1.807) is 0 Å². The molecule has 0 fully saturated rings. The van der Waals surface area contributed by atoms with Gasteiger partial charge in [-0.15, -0.1) is 10.2 Å². The number of hydrogen-bond donors (Lipinski definition) is 2. The molecular weight excluding hydrogens is 288 g/mol. The minimum Gasteiger partial charge on any atom is -0.309 e. The van der Waals surface area contributed by atoms with Gasteiger partial charge in [0.05, 0.1) is 6.20 Å². The number of aryl methyl sites for hydroxylation is 2. The zero-order chi connectivity index (χ0) is 15.6. The van der Waals surface area contributed by atoms with Gasteiger partial charge in [-0.3, -0.25) is 5.10 Å². The SMILES string of the molecule is Cc1[nH]ncc1CNC1CCc2nnc(-c3ccccc3)n2C1. The topological polar surface area (TPSA) is 71.4 Å². The lowest BCUT2D eigenvalue weighted by molar-refractivity contribution is 0.380. The van der Waals surface area contributed by atoms with E-state index < -0.39 is 0 Å². The van der Waals surface area contributed by atoms with Crippen molar-refractivity contribution < 1.29 is 0 Å². The molecule has 0 amide bonds. The molecule has 0 aliphatic carbocycles. The Labute approximate surface area is 135 Å². The molecule has 6 heteroatoms. The number of rotatable bonds is 4. The Hall–Kier alpha value is -2.47. The highest BCUT2D eigenvalue weighted by Gasteiger charge is 2.23. The first kappa shape index (κ1) is 14.1. The first-order chi connectivity index (χ1) is 11.3. The predicted molar refractivity (Wildman–Crippen MR) is 87.7 cm³/mol. The summed E-state index contributed by atoms with van der Waals surface area (Å²) in [6.07, 6.45) is 3.94. The lowest BCUT2D eigenvalue weighted by atomic mass is 10.1. The number of benzene rings is 1. The molecule has 118 valence electrons. The average molecular weight is 308 g/mol. The Morgan fingerprint density at radius 1 is 1.26 bits per heavy atom. The van der Waals surface area contributed by atoms with Crippen LogP contribution >= 0.6 is 0 Å². The molecule has 4 rings (SSSR count). The molecule has 0 radical (unpaired) electrons. The average Bonchev–Trinajstić information content (AvgIpc) is 3.19. The van der Waals surface area contributed by atoms with E-state index in [0.717, 1.165) is 48.8 Å². The molecule has 2 N–H and O–H groups in total. The number of nitrogens with zero attached hydrogens (tertiary/aromatic N) is 4. The summed E-state index contributed by atoms with van der Waals surface area (Å²) >= 11 is 0. The highest BCUT2D eigenvalue weighted by molar-refractivity contribution is 5.55. The number of aromatic nitrogens is 5. The van der Waals surface area contributed by atoms with Crippen molar-refractivity contribution in [2.45, 2.75) is 38.9 Å². The van der Waals surface area contributed by atoms with Crippen LogP contribution in [0.2, 0.25) is 0 Å². The third-order valence-electron chi connectivity index (χ3n) is 4.49. The Kier molecular flexibility index (Phi) is 3.67. The summed E-state index contributed by atoms with van der Waals surface area (Å²) < 4.78 is 2.25. The normalized spacial score (nSPS) is 17.2. The Morgan fingerprint density at radius 3 is 2.91 bits per heavy atom. The van der Waals surface area contributed by atoms with Gasteiger partial charge in [0, 0.05) is 42.4 Å². The Morgan fingerprint density at radius 2 is 2.13 bits per heavy atom. The highest BCUT2D eigenvalue weighted by Crippen LogP contribution is 2.23.